The van der Waals surface area contributed by atoms with Crippen LogP contribution in [0.15, 0.2) is 89.8 Å². The Morgan fingerprint density at radius 2 is 1.55 bits per heavy atom. The molecule has 5 rings (SSSR count). The van der Waals surface area contributed by atoms with Crippen molar-refractivity contribution in [3.63, 3.8) is 0 Å². The van der Waals surface area contributed by atoms with E-state index in [0.29, 0.717) is 29.9 Å². The molecular formula is C33H41N3O3S. The standard InChI is InChI=1S/C33H41N3O3S/c1-24(2)35(3)27-18-19-32(26(22-27)23-40(38,39)28-14-8-5-9-15-28)36-21-20-31(33(36)37)34-30-17-11-10-16-29(30)25-12-6-4-7-13-25/h4-17,24,26-27,31-32,34H,18-23H2,1-3H3/t26-,27?,31?,32?/m0/s1. The predicted molar refractivity (Wildman–Crippen MR) is 162 cm³/mol. The minimum absolute atomic E-state index is 0.0584. The Bertz CT molecular complexity index is 1390. The number of hydrogen-bond donors (Lipinski definition) is 1. The van der Waals surface area contributed by atoms with Crippen LogP contribution in [-0.4, -0.2) is 67.6 Å². The van der Waals surface area contributed by atoms with Gasteiger partial charge in [0.25, 0.3) is 0 Å². The molecule has 0 radical (unpaired) electrons. The first-order valence-electron chi connectivity index (χ1n) is 14.5. The first-order chi connectivity index (χ1) is 19.2. The van der Waals surface area contributed by atoms with E-state index in [2.05, 4.69) is 49.3 Å². The van der Waals surface area contributed by atoms with Gasteiger partial charge in [0, 0.05) is 35.9 Å². The van der Waals surface area contributed by atoms with Crippen molar-refractivity contribution in [2.24, 2.45) is 5.92 Å². The molecule has 0 spiro atoms. The molecule has 2 aliphatic rings. The lowest BCUT2D eigenvalue weighted by molar-refractivity contribution is -0.132. The van der Waals surface area contributed by atoms with Crippen LogP contribution in [0.3, 0.4) is 0 Å². The van der Waals surface area contributed by atoms with E-state index in [4.69, 9.17) is 0 Å². The molecule has 6 nitrogen and oxygen atoms in total. The molecule has 7 heteroatoms. The number of sulfone groups is 1. The van der Waals surface area contributed by atoms with Gasteiger partial charge < -0.3 is 15.1 Å². The molecule has 1 heterocycles. The first-order valence-corrected chi connectivity index (χ1v) is 16.1. The van der Waals surface area contributed by atoms with Crippen LogP contribution in [0.5, 0.6) is 0 Å². The van der Waals surface area contributed by atoms with Crippen molar-refractivity contribution in [2.75, 3.05) is 24.7 Å². The molecule has 3 aromatic carbocycles. The summed E-state index contributed by atoms with van der Waals surface area (Å²) in [6, 6.07) is 27.3. The highest BCUT2D eigenvalue weighted by atomic mass is 32.2. The number of para-hydroxylation sites is 1. The fraction of sp³-hybridized carbons (Fsp3) is 0.424. The van der Waals surface area contributed by atoms with E-state index in [1.54, 1.807) is 24.3 Å². The smallest absolute Gasteiger partial charge is 0.245 e. The van der Waals surface area contributed by atoms with E-state index in [-0.39, 0.29) is 29.7 Å². The molecule has 1 saturated carbocycles. The summed E-state index contributed by atoms with van der Waals surface area (Å²) in [5.41, 5.74) is 3.12. The number of rotatable bonds is 9. The van der Waals surface area contributed by atoms with Crippen LogP contribution in [0, 0.1) is 5.92 Å². The highest BCUT2D eigenvalue weighted by Crippen LogP contribution is 2.37. The molecule has 3 aromatic rings. The second-order valence-corrected chi connectivity index (χ2v) is 13.6. The van der Waals surface area contributed by atoms with Crippen molar-refractivity contribution >= 4 is 21.4 Å². The van der Waals surface area contributed by atoms with Crippen molar-refractivity contribution < 1.29 is 13.2 Å². The van der Waals surface area contributed by atoms with Gasteiger partial charge in [0.2, 0.25) is 5.91 Å². The summed E-state index contributed by atoms with van der Waals surface area (Å²) in [5, 5.41) is 3.54. The third-order valence-corrected chi connectivity index (χ3v) is 10.7. The van der Waals surface area contributed by atoms with Gasteiger partial charge in [-0.2, -0.15) is 0 Å². The van der Waals surface area contributed by atoms with Gasteiger partial charge in [-0.1, -0.05) is 66.7 Å². The van der Waals surface area contributed by atoms with Gasteiger partial charge in [0.05, 0.1) is 10.6 Å². The molecule has 1 N–H and O–H groups in total. The van der Waals surface area contributed by atoms with Crippen LogP contribution in [0.25, 0.3) is 11.1 Å². The van der Waals surface area contributed by atoms with E-state index in [0.717, 1.165) is 36.1 Å². The Balaban J connectivity index is 1.36. The quantitative estimate of drug-likeness (QED) is 0.363. The third kappa shape index (κ3) is 6.11. The van der Waals surface area contributed by atoms with Crippen LogP contribution >= 0.6 is 0 Å². The molecule has 4 atom stereocenters. The number of nitrogens with zero attached hydrogens (tertiary/aromatic N) is 2. The Morgan fingerprint density at radius 3 is 2.25 bits per heavy atom. The van der Waals surface area contributed by atoms with E-state index < -0.39 is 9.84 Å². The lowest BCUT2D eigenvalue weighted by Gasteiger charge is -2.44. The molecule has 1 amide bonds. The highest BCUT2D eigenvalue weighted by molar-refractivity contribution is 7.91. The number of hydrogen-bond acceptors (Lipinski definition) is 5. The summed E-state index contributed by atoms with van der Waals surface area (Å²) in [6.07, 6.45) is 3.24. The topological polar surface area (TPSA) is 69.7 Å². The number of anilines is 1. The number of nitrogens with one attached hydrogen (secondary N) is 1. The van der Waals surface area contributed by atoms with Crippen molar-refractivity contribution in [1.29, 1.82) is 0 Å². The van der Waals surface area contributed by atoms with Crippen molar-refractivity contribution in [3.05, 3.63) is 84.9 Å². The number of likely N-dealkylation sites (tertiary alicyclic amines) is 1. The summed E-state index contributed by atoms with van der Waals surface area (Å²) in [6.45, 7) is 4.99. The lowest BCUT2D eigenvalue weighted by Crippen LogP contribution is -2.52. The summed E-state index contributed by atoms with van der Waals surface area (Å²) < 4.78 is 27.0. The summed E-state index contributed by atoms with van der Waals surface area (Å²) in [5.74, 6) is 0.0122. The van der Waals surface area contributed by atoms with Gasteiger partial charge in [-0.25, -0.2) is 8.42 Å². The summed E-state index contributed by atoms with van der Waals surface area (Å²) >= 11 is 0. The van der Waals surface area contributed by atoms with Crippen LogP contribution < -0.4 is 5.32 Å². The number of benzene rings is 3. The average molecular weight is 560 g/mol. The van der Waals surface area contributed by atoms with E-state index in [9.17, 15) is 13.2 Å². The normalized spacial score (nSPS) is 23.6. The minimum atomic E-state index is -3.48. The van der Waals surface area contributed by atoms with Crippen LogP contribution in [-0.2, 0) is 14.6 Å². The van der Waals surface area contributed by atoms with E-state index in [1.165, 1.54) is 0 Å². The Morgan fingerprint density at radius 1 is 0.900 bits per heavy atom. The summed E-state index contributed by atoms with van der Waals surface area (Å²) in [7, 11) is -1.35. The number of carbonyl (C=O) groups excluding carboxylic acids is 1. The van der Waals surface area contributed by atoms with Gasteiger partial charge in [0.15, 0.2) is 9.84 Å². The molecule has 0 bridgehead atoms. The van der Waals surface area contributed by atoms with Gasteiger partial charge in [-0.05, 0) is 76.3 Å². The van der Waals surface area contributed by atoms with Gasteiger partial charge in [-0.3, -0.25) is 4.79 Å². The SMILES string of the molecule is CC(C)N(C)C1CCC(N2CCC(Nc3ccccc3-c3ccccc3)C2=O)[C@H](CS(=O)(=O)c2ccccc2)C1. The van der Waals surface area contributed by atoms with Gasteiger partial charge in [-0.15, -0.1) is 0 Å². The van der Waals surface area contributed by atoms with E-state index >= 15 is 0 Å². The van der Waals surface area contributed by atoms with Gasteiger partial charge in [0.1, 0.15) is 6.04 Å². The fourth-order valence-corrected chi connectivity index (χ4v) is 8.13. The zero-order valence-electron chi connectivity index (χ0n) is 23.7. The predicted octanol–water partition coefficient (Wildman–Crippen LogP) is 5.72. The number of carbonyl (C=O) groups is 1. The maximum Gasteiger partial charge on any atom is 0.245 e. The summed E-state index contributed by atoms with van der Waals surface area (Å²) in [4.78, 5) is 18.6. The van der Waals surface area contributed by atoms with Crippen molar-refractivity contribution in [1.82, 2.24) is 9.80 Å². The van der Waals surface area contributed by atoms with E-state index in [1.807, 2.05) is 47.4 Å². The molecule has 1 saturated heterocycles. The molecule has 1 aliphatic carbocycles. The minimum Gasteiger partial charge on any atom is -0.373 e. The first kappa shape index (κ1) is 28.4. The largest absolute Gasteiger partial charge is 0.373 e. The van der Waals surface area contributed by atoms with Crippen molar-refractivity contribution in [2.45, 2.75) is 68.6 Å². The lowest BCUT2D eigenvalue weighted by atomic mass is 9.81. The fourth-order valence-electron chi connectivity index (χ4n) is 6.44. The molecular weight excluding hydrogens is 518 g/mol. The Hall–Kier alpha value is -3.16. The third-order valence-electron chi connectivity index (χ3n) is 8.82. The molecule has 40 heavy (non-hydrogen) atoms. The average Bonchev–Trinajstić information content (AvgIpc) is 3.32. The zero-order chi connectivity index (χ0) is 28.3. The second-order valence-electron chi connectivity index (χ2n) is 11.6. The molecule has 212 valence electrons. The highest BCUT2D eigenvalue weighted by Gasteiger charge is 2.44. The maximum atomic E-state index is 13.9. The molecule has 1 aliphatic heterocycles. The van der Waals surface area contributed by atoms with Crippen LogP contribution in [0.1, 0.15) is 39.5 Å². The zero-order valence-corrected chi connectivity index (χ0v) is 24.6. The van der Waals surface area contributed by atoms with Crippen LogP contribution in [0.2, 0.25) is 0 Å². The monoisotopic (exact) mass is 559 g/mol. The molecule has 3 unspecified atom stereocenters. The molecule has 0 aromatic heterocycles. The number of amides is 1. The Kier molecular flexibility index (Phi) is 8.62. The second kappa shape index (κ2) is 12.1. The Labute approximate surface area is 239 Å². The molecule has 2 fully saturated rings. The van der Waals surface area contributed by atoms with Crippen molar-refractivity contribution in [3.8, 4) is 11.1 Å². The maximum absolute atomic E-state index is 13.9. The van der Waals surface area contributed by atoms with Gasteiger partial charge >= 0.3 is 0 Å². The van der Waals surface area contributed by atoms with Crippen LogP contribution in [0.4, 0.5) is 5.69 Å².